The standard InChI is InChI=1S/C16H19N3O3/c1-11-17-15(22-18-11)10-19-7-3-6-14(9-19)12-4-2-5-13(8-12)16(20)21/h2,4-5,8,14H,3,6-7,9-10H2,1H3,(H,20,21)/t14-/m1/s1. The highest BCUT2D eigenvalue weighted by molar-refractivity contribution is 5.87. The number of carbonyl (C=O) groups is 1. The van der Waals surface area contributed by atoms with Crippen LogP contribution in [-0.4, -0.2) is 39.2 Å². The third-order valence-electron chi connectivity index (χ3n) is 4.04. The summed E-state index contributed by atoms with van der Waals surface area (Å²) in [5.74, 6) is 0.753. The number of likely N-dealkylation sites (tertiary alicyclic amines) is 1. The van der Waals surface area contributed by atoms with Crippen molar-refractivity contribution in [2.45, 2.75) is 32.2 Å². The average Bonchev–Trinajstić information content (AvgIpc) is 2.93. The second-order valence-corrected chi connectivity index (χ2v) is 5.74. The number of rotatable bonds is 4. The van der Waals surface area contributed by atoms with Crippen molar-refractivity contribution >= 4 is 5.97 Å². The number of carboxylic acid groups (broad SMARTS) is 1. The molecule has 22 heavy (non-hydrogen) atoms. The van der Waals surface area contributed by atoms with Crippen LogP contribution in [0.25, 0.3) is 0 Å². The van der Waals surface area contributed by atoms with Crippen LogP contribution in [0.5, 0.6) is 0 Å². The van der Waals surface area contributed by atoms with E-state index in [9.17, 15) is 4.79 Å². The summed E-state index contributed by atoms with van der Waals surface area (Å²) in [6, 6.07) is 7.25. The van der Waals surface area contributed by atoms with Crippen LogP contribution in [0.4, 0.5) is 0 Å². The van der Waals surface area contributed by atoms with E-state index in [0.29, 0.717) is 29.7 Å². The first-order valence-electron chi connectivity index (χ1n) is 7.46. The first-order chi connectivity index (χ1) is 10.6. The third kappa shape index (κ3) is 3.33. The summed E-state index contributed by atoms with van der Waals surface area (Å²) in [6.45, 7) is 4.33. The van der Waals surface area contributed by atoms with E-state index in [0.717, 1.165) is 31.5 Å². The molecular weight excluding hydrogens is 282 g/mol. The minimum Gasteiger partial charge on any atom is -0.478 e. The van der Waals surface area contributed by atoms with Gasteiger partial charge in [0.1, 0.15) is 0 Å². The van der Waals surface area contributed by atoms with Crippen LogP contribution < -0.4 is 0 Å². The van der Waals surface area contributed by atoms with E-state index in [1.807, 2.05) is 19.1 Å². The highest BCUT2D eigenvalue weighted by atomic mass is 16.5. The lowest BCUT2D eigenvalue weighted by Gasteiger charge is -2.32. The van der Waals surface area contributed by atoms with E-state index in [4.69, 9.17) is 9.63 Å². The molecule has 1 aliphatic rings. The maximum absolute atomic E-state index is 11.1. The van der Waals surface area contributed by atoms with Gasteiger partial charge in [-0.2, -0.15) is 4.98 Å². The maximum atomic E-state index is 11.1. The van der Waals surface area contributed by atoms with Crippen molar-refractivity contribution < 1.29 is 14.4 Å². The van der Waals surface area contributed by atoms with Gasteiger partial charge in [0.25, 0.3) is 0 Å². The molecule has 1 aliphatic heterocycles. The fraction of sp³-hybridized carbons (Fsp3) is 0.438. The van der Waals surface area contributed by atoms with E-state index >= 15 is 0 Å². The normalized spacial score (nSPS) is 19.2. The zero-order chi connectivity index (χ0) is 15.5. The van der Waals surface area contributed by atoms with Gasteiger partial charge < -0.3 is 9.63 Å². The molecule has 116 valence electrons. The van der Waals surface area contributed by atoms with Gasteiger partial charge in [-0.3, -0.25) is 4.90 Å². The van der Waals surface area contributed by atoms with Crippen molar-refractivity contribution in [2.24, 2.45) is 0 Å². The second kappa shape index (κ2) is 6.27. The van der Waals surface area contributed by atoms with Crippen molar-refractivity contribution in [2.75, 3.05) is 13.1 Å². The highest BCUT2D eigenvalue weighted by Crippen LogP contribution is 2.28. The van der Waals surface area contributed by atoms with Crippen LogP contribution in [0.3, 0.4) is 0 Å². The number of aromatic nitrogens is 2. The molecule has 2 aromatic rings. The van der Waals surface area contributed by atoms with Crippen LogP contribution in [0, 0.1) is 6.92 Å². The first kappa shape index (κ1) is 14.7. The number of carboxylic acids is 1. The number of hydrogen-bond acceptors (Lipinski definition) is 5. The molecule has 0 unspecified atom stereocenters. The minimum atomic E-state index is -0.879. The van der Waals surface area contributed by atoms with Crippen LogP contribution in [0.2, 0.25) is 0 Å². The summed E-state index contributed by atoms with van der Waals surface area (Å²) in [7, 11) is 0. The van der Waals surface area contributed by atoms with Gasteiger partial charge >= 0.3 is 5.97 Å². The largest absolute Gasteiger partial charge is 0.478 e. The molecule has 0 spiro atoms. The van der Waals surface area contributed by atoms with Crippen LogP contribution >= 0.6 is 0 Å². The van der Waals surface area contributed by atoms with E-state index in [1.54, 1.807) is 12.1 Å². The molecule has 1 fully saturated rings. The number of hydrogen-bond donors (Lipinski definition) is 1. The topological polar surface area (TPSA) is 79.5 Å². The Morgan fingerprint density at radius 2 is 2.36 bits per heavy atom. The minimum absolute atomic E-state index is 0.345. The van der Waals surface area contributed by atoms with Gasteiger partial charge in [0.15, 0.2) is 5.82 Å². The summed E-state index contributed by atoms with van der Waals surface area (Å²) in [6.07, 6.45) is 2.15. The molecule has 6 heteroatoms. The fourth-order valence-corrected chi connectivity index (χ4v) is 2.99. The number of piperidine rings is 1. The zero-order valence-electron chi connectivity index (χ0n) is 12.5. The molecule has 1 aromatic carbocycles. The molecule has 0 saturated carbocycles. The van der Waals surface area contributed by atoms with Gasteiger partial charge in [0.05, 0.1) is 12.1 Å². The van der Waals surface area contributed by atoms with Gasteiger partial charge in [-0.25, -0.2) is 4.79 Å². The first-order valence-corrected chi connectivity index (χ1v) is 7.46. The monoisotopic (exact) mass is 301 g/mol. The Balaban J connectivity index is 1.70. The summed E-state index contributed by atoms with van der Waals surface area (Å²) >= 11 is 0. The average molecular weight is 301 g/mol. The molecular formula is C16H19N3O3. The SMILES string of the molecule is Cc1noc(CN2CCC[C@@H](c3cccc(C(=O)O)c3)C2)n1. The maximum Gasteiger partial charge on any atom is 0.335 e. The smallest absolute Gasteiger partial charge is 0.335 e. The molecule has 0 aliphatic carbocycles. The fourth-order valence-electron chi connectivity index (χ4n) is 2.99. The Morgan fingerprint density at radius 3 is 3.09 bits per heavy atom. The van der Waals surface area contributed by atoms with E-state index in [2.05, 4.69) is 15.0 Å². The Morgan fingerprint density at radius 1 is 1.50 bits per heavy atom. The molecule has 1 atom stereocenters. The summed E-state index contributed by atoms with van der Waals surface area (Å²) in [5.41, 5.74) is 1.44. The quantitative estimate of drug-likeness (QED) is 0.934. The number of benzene rings is 1. The van der Waals surface area contributed by atoms with E-state index < -0.39 is 5.97 Å². The predicted molar refractivity (Wildman–Crippen MR) is 79.7 cm³/mol. The van der Waals surface area contributed by atoms with Gasteiger partial charge in [-0.15, -0.1) is 0 Å². The predicted octanol–water partition coefficient (Wildman–Crippen LogP) is 2.46. The van der Waals surface area contributed by atoms with E-state index in [-0.39, 0.29) is 0 Å². The van der Waals surface area contributed by atoms with Crippen LogP contribution in [-0.2, 0) is 6.54 Å². The lowest BCUT2D eigenvalue weighted by Crippen LogP contribution is -2.34. The number of aryl methyl sites for hydroxylation is 1. The Kier molecular flexibility index (Phi) is 4.20. The van der Waals surface area contributed by atoms with Gasteiger partial charge in [0, 0.05) is 6.54 Å². The molecule has 3 rings (SSSR count). The third-order valence-corrected chi connectivity index (χ3v) is 4.04. The molecule has 0 amide bonds. The summed E-state index contributed by atoms with van der Waals surface area (Å²) in [4.78, 5) is 17.6. The van der Waals surface area contributed by atoms with Gasteiger partial charge in [-0.1, -0.05) is 17.3 Å². The van der Waals surface area contributed by atoms with Crippen LogP contribution in [0.1, 0.15) is 46.4 Å². The zero-order valence-corrected chi connectivity index (χ0v) is 12.5. The Hall–Kier alpha value is -2.21. The van der Waals surface area contributed by atoms with Gasteiger partial charge in [0.2, 0.25) is 5.89 Å². The molecule has 6 nitrogen and oxygen atoms in total. The lowest BCUT2D eigenvalue weighted by atomic mass is 9.89. The number of aromatic carboxylic acids is 1. The molecule has 2 heterocycles. The Labute approximate surface area is 128 Å². The highest BCUT2D eigenvalue weighted by Gasteiger charge is 2.23. The van der Waals surface area contributed by atoms with Crippen molar-refractivity contribution in [1.29, 1.82) is 0 Å². The molecule has 1 N–H and O–H groups in total. The van der Waals surface area contributed by atoms with Crippen molar-refractivity contribution in [3.05, 3.63) is 47.1 Å². The van der Waals surface area contributed by atoms with Crippen molar-refractivity contribution in [3.63, 3.8) is 0 Å². The lowest BCUT2D eigenvalue weighted by molar-refractivity contribution is 0.0696. The summed E-state index contributed by atoms with van der Waals surface area (Å²) in [5, 5.41) is 12.9. The summed E-state index contributed by atoms with van der Waals surface area (Å²) < 4.78 is 5.18. The molecule has 1 saturated heterocycles. The van der Waals surface area contributed by atoms with Crippen molar-refractivity contribution in [3.8, 4) is 0 Å². The van der Waals surface area contributed by atoms with Gasteiger partial charge in [-0.05, 0) is 49.9 Å². The van der Waals surface area contributed by atoms with Crippen LogP contribution in [0.15, 0.2) is 28.8 Å². The Bertz CT molecular complexity index is 668. The molecule has 0 radical (unpaired) electrons. The second-order valence-electron chi connectivity index (χ2n) is 5.74. The molecule has 1 aromatic heterocycles. The van der Waals surface area contributed by atoms with E-state index in [1.165, 1.54) is 0 Å². The van der Waals surface area contributed by atoms with Crippen molar-refractivity contribution in [1.82, 2.24) is 15.0 Å². The molecule has 0 bridgehead atoms. The number of nitrogens with zero attached hydrogens (tertiary/aromatic N) is 3.